The van der Waals surface area contributed by atoms with E-state index in [0.29, 0.717) is 11.8 Å². The molecular formula is C16H28O4. The van der Waals surface area contributed by atoms with E-state index >= 15 is 0 Å². The van der Waals surface area contributed by atoms with Gasteiger partial charge < -0.3 is 0 Å². The van der Waals surface area contributed by atoms with Crippen molar-refractivity contribution in [3.8, 4) is 0 Å². The molecule has 20 heavy (non-hydrogen) atoms. The Morgan fingerprint density at radius 2 is 1.00 bits per heavy atom. The van der Waals surface area contributed by atoms with E-state index in [1.165, 1.54) is 12.8 Å². The third kappa shape index (κ3) is 2.21. The molecule has 4 heteroatoms. The summed E-state index contributed by atoms with van der Waals surface area (Å²) in [5.74, 6) is 0.280. The molecule has 4 nitrogen and oxygen atoms in total. The molecule has 116 valence electrons. The van der Waals surface area contributed by atoms with Gasteiger partial charge >= 0.3 is 0 Å². The van der Waals surface area contributed by atoms with E-state index in [-0.39, 0.29) is 11.8 Å². The van der Waals surface area contributed by atoms with Crippen LogP contribution in [0.2, 0.25) is 0 Å². The van der Waals surface area contributed by atoms with E-state index in [1.807, 2.05) is 0 Å². The smallest absolute Gasteiger partial charge is 0.195 e. The summed E-state index contributed by atoms with van der Waals surface area (Å²) in [7, 11) is 0. The molecule has 0 N–H and O–H groups in total. The monoisotopic (exact) mass is 284 g/mol. The molecule has 1 aliphatic heterocycles. The normalized spacial score (nSPS) is 53.4. The van der Waals surface area contributed by atoms with Crippen LogP contribution >= 0.6 is 0 Å². The molecule has 0 aromatic rings. The van der Waals surface area contributed by atoms with Gasteiger partial charge in [0.1, 0.15) is 0 Å². The van der Waals surface area contributed by atoms with Crippen LogP contribution in [0.3, 0.4) is 0 Å². The highest BCUT2D eigenvalue weighted by Gasteiger charge is 2.57. The summed E-state index contributed by atoms with van der Waals surface area (Å²) in [6.45, 7) is 8.82. The van der Waals surface area contributed by atoms with Gasteiger partial charge in [-0.05, 0) is 24.7 Å². The zero-order valence-electron chi connectivity index (χ0n) is 13.2. The zero-order chi connectivity index (χ0) is 14.4. The van der Waals surface area contributed by atoms with Crippen LogP contribution in [0.1, 0.15) is 66.2 Å². The van der Waals surface area contributed by atoms with Crippen LogP contribution in [-0.4, -0.2) is 11.6 Å². The Kier molecular flexibility index (Phi) is 3.87. The van der Waals surface area contributed by atoms with Gasteiger partial charge in [0.25, 0.3) is 0 Å². The highest BCUT2D eigenvalue weighted by atomic mass is 17.4. The molecule has 0 aromatic carbocycles. The van der Waals surface area contributed by atoms with Crippen molar-refractivity contribution in [1.29, 1.82) is 0 Å². The summed E-state index contributed by atoms with van der Waals surface area (Å²) in [5, 5.41) is 0. The molecule has 2 aliphatic carbocycles. The van der Waals surface area contributed by atoms with Crippen LogP contribution in [-0.2, 0) is 19.6 Å². The van der Waals surface area contributed by atoms with Crippen molar-refractivity contribution in [2.75, 3.05) is 0 Å². The lowest BCUT2D eigenvalue weighted by atomic mass is 9.76. The topological polar surface area (TPSA) is 36.9 Å². The van der Waals surface area contributed by atoms with Crippen LogP contribution in [0.25, 0.3) is 0 Å². The first-order chi connectivity index (χ1) is 9.49. The average molecular weight is 284 g/mol. The first-order valence-electron chi connectivity index (χ1n) is 8.23. The lowest BCUT2D eigenvalue weighted by Gasteiger charge is -2.52. The lowest BCUT2D eigenvalue weighted by Crippen LogP contribution is -2.59. The highest BCUT2D eigenvalue weighted by molar-refractivity contribution is 4.88. The fraction of sp³-hybridized carbons (Fsp3) is 1.00. The molecule has 3 aliphatic rings. The van der Waals surface area contributed by atoms with Crippen molar-refractivity contribution in [3.63, 3.8) is 0 Å². The van der Waals surface area contributed by atoms with Gasteiger partial charge in [-0.3, -0.25) is 0 Å². The SMILES string of the molecule is CC1CCCC2(OOC3(CCCC(C)C3C)OO2)C1C. The van der Waals surface area contributed by atoms with Gasteiger partial charge in [-0.2, -0.15) is 19.6 Å². The van der Waals surface area contributed by atoms with Crippen molar-refractivity contribution >= 4 is 0 Å². The Labute approximate surface area is 122 Å². The minimum absolute atomic E-state index is 0.282. The standard InChI is InChI=1S/C16H28O4/c1-11-7-5-9-15(13(11)3)17-19-16(20-18-15)10-6-8-12(2)14(16)4/h11-14H,5-10H2,1-4H3. The Morgan fingerprint density at radius 3 is 1.35 bits per heavy atom. The summed E-state index contributed by atoms with van der Waals surface area (Å²) >= 11 is 0. The van der Waals surface area contributed by atoms with Gasteiger partial charge in [0.05, 0.1) is 0 Å². The molecule has 1 saturated heterocycles. The van der Waals surface area contributed by atoms with Gasteiger partial charge in [0, 0.05) is 24.7 Å². The maximum absolute atomic E-state index is 5.85. The van der Waals surface area contributed by atoms with Crippen LogP contribution in [0, 0.1) is 23.7 Å². The van der Waals surface area contributed by atoms with Gasteiger partial charge in [-0.1, -0.05) is 40.5 Å². The van der Waals surface area contributed by atoms with Crippen LogP contribution < -0.4 is 0 Å². The second-order valence-electron chi connectivity index (χ2n) is 7.27. The first kappa shape index (κ1) is 14.8. The average Bonchev–Trinajstić information content (AvgIpc) is 2.45. The molecule has 1 heterocycles. The minimum Gasteiger partial charge on any atom is -0.195 e. The predicted octanol–water partition coefficient (Wildman–Crippen LogP) is 4.20. The van der Waals surface area contributed by atoms with Gasteiger partial charge in [-0.25, -0.2) is 0 Å². The lowest BCUT2D eigenvalue weighted by molar-refractivity contribution is -0.676. The number of hydrogen-bond acceptors (Lipinski definition) is 4. The second kappa shape index (κ2) is 5.24. The van der Waals surface area contributed by atoms with Gasteiger partial charge in [-0.15, -0.1) is 0 Å². The van der Waals surface area contributed by atoms with Crippen LogP contribution in [0.4, 0.5) is 0 Å². The summed E-state index contributed by atoms with van der Waals surface area (Å²) in [6.07, 6.45) is 6.31. The Balaban J connectivity index is 1.72. The molecule has 2 spiro atoms. The summed E-state index contributed by atoms with van der Waals surface area (Å²) in [6, 6.07) is 0. The Morgan fingerprint density at radius 1 is 0.650 bits per heavy atom. The number of hydrogen-bond donors (Lipinski definition) is 0. The largest absolute Gasteiger partial charge is 0.237 e. The molecule has 2 saturated carbocycles. The van der Waals surface area contributed by atoms with E-state index in [4.69, 9.17) is 19.6 Å². The van der Waals surface area contributed by atoms with Gasteiger partial charge in [0.2, 0.25) is 11.6 Å². The van der Waals surface area contributed by atoms with Crippen molar-refractivity contribution in [2.24, 2.45) is 23.7 Å². The molecule has 3 fully saturated rings. The van der Waals surface area contributed by atoms with Crippen molar-refractivity contribution in [2.45, 2.75) is 77.8 Å². The van der Waals surface area contributed by atoms with Crippen LogP contribution in [0.15, 0.2) is 0 Å². The Bertz CT molecular complexity index is 314. The molecule has 4 atom stereocenters. The molecule has 0 amide bonds. The molecule has 0 aromatic heterocycles. The fourth-order valence-corrected chi connectivity index (χ4v) is 3.94. The molecule has 3 rings (SSSR count). The molecule has 4 unspecified atom stereocenters. The minimum atomic E-state index is -0.705. The summed E-state index contributed by atoms with van der Waals surface area (Å²) in [5.41, 5.74) is 0. The zero-order valence-corrected chi connectivity index (χ0v) is 13.2. The van der Waals surface area contributed by atoms with Crippen molar-refractivity contribution in [1.82, 2.24) is 0 Å². The van der Waals surface area contributed by atoms with E-state index in [1.54, 1.807) is 0 Å². The first-order valence-corrected chi connectivity index (χ1v) is 8.23. The fourth-order valence-electron chi connectivity index (χ4n) is 3.94. The van der Waals surface area contributed by atoms with E-state index in [9.17, 15) is 0 Å². The summed E-state index contributed by atoms with van der Waals surface area (Å²) in [4.78, 5) is 23.4. The van der Waals surface area contributed by atoms with Gasteiger partial charge in [0.15, 0.2) is 0 Å². The predicted molar refractivity (Wildman–Crippen MR) is 74.2 cm³/mol. The van der Waals surface area contributed by atoms with E-state index < -0.39 is 11.6 Å². The maximum Gasteiger partial charge on any atom is 0.237 e. The third-order valence-corrected chi connectivity index (χ3v) is 6.11. The molecule has 0 bridgehead atoms. The number of rotatable bonds is 0. The quantitative estimate of drug-likeness (QED) is 0.625. The van der Waals surface area contributed by atoms with E-state index in [2.05, 4.69) is 27.7 Å². The van der Waals surface area contributed by atoms with Crippen LogP contribution in [0.5, 0.6) is 0 Å². The van der Waals surface area contributed by atoms with Crippen molar-refractivity contribution in [3.05, 3.63) is 0 Å². The third-order valence-electron chi connectivity index (χ3n) is 6.11. The maximum atomic E-state index is 5.85. The molecule has 0 radical (unpaired) electrons. The van der Waals surface area contributed by atoms with Crippen molar-refractivity contribution < 1.29 is 19.6 Å². The summed E-state index contributed by atoms with van der Waals surface area (Å²) < 4.78 is 0. The van der Waals surface area contributed by atoms with E-state index in [0.717, 1.165) is 25.7 Å². The highest BCUT2D eigenvalue weighted by Crippen LogP contribution is 2.50. The second-order valence-corrected chi connectivity index (χ2v) is 7.27. The Hall–Kier alpha value is -0.160. The molecular weight excluding hydrogens is 256 g/mol.